The Morgan fingerprint density at radius 1 is 1.47 bits per heavy atom. The molecular formula is C15H18N2O2. The van der Waals surface area contributed by atoms with E-state index in [1.807, 2.05) is 0 Å². The van der Waals surface area contributed by atoms with E-state index in [1.54, 1.807) is 24.3 Å². The number of amides is 1. The average molecular weight is 258 g/mol. The minimum absolute atomic E-state index is 0.00483. The second-order valence-corrected chi connectivity index (χ2v) is 4.81. The van der Waals surface area contributed by atoms with E-state index in [9.17, 15) is 9.90 Å². The molecule has 0 fully saturated rings. The SMILES string of the molecule is CC1=CC[C@@H](C(=O)N/N=C\c2ccccc2O)CC1. The second kappa shape index (κ2) is 6.18. The van der Waals surface area contributed by atoms with Gasteiger partial charge in [-0.15, -0.1) is 0 Å². The van der Waals surface area contributed by atoms with Crippen LogP contribution in [0, 0.1) is 5.92 Å². The molecule has 19 heavy (non-hydrogen) atoms. The number of rotatable bonds is 3. The predicted octanol–water partition coefficient (Wildman–Crippen LogP) is 2.59. The highest BCUT2D eigenvalue weighted by Gasteiger charge is 2.19. The molecule has 0 saturated carbocycles. The monoisotopic (exact) mass is 258 g/mol. The summed E-state index contributed by atoms with van der Waals surface area (Å²) in [6, 6.07) is 6.86. The summed E-state index contributed by atoms with van der Waals surface area (Å²) in [7, 11) is 0. The van der Waals surface area contributed by atoms with E-state index in [-0.39, 0.29) is 17.6 Å². The third kappa shape index (κ3) is 3.68. The number of allylic oxidation sites excluding steroid dienone is 2. The van der Waals surface area contributed by atoms with E-state index in [0.717, 1.165) is 19.3 Å². The van der Waals surface area contributed by atoms with Crippen LogP contribution in [-0.4, -0.2) is 17.2 Å². The maximum atomic E-state index is 11.9. The van der Waals surface area contributed by atoms with Gasteiger partial charge >= 0.3 is 0 Å². The molecule has 1 aromatic carbocycles. The normalized spacial score (nSPS) is 19.2. The van der Waals surface area contributed by atoms with Crippen LogP contribution in [-0.2, 0) is 4.79 Å². The van der Waals surface area contributed by atoms with Crippen molar-refractivity contribution in [3.8, 4) is 5.75 Å². The summed E-state index contributed by atoms with van der Waals surface area (Å²) in [5, 5.41) is 13.4. The quantitative estimate of drug-likeness (QED) is 0.497. The summed E-state index contributed by atoms with van der Waals surface area (Å²) in [5.41, 5.74) is 4.47. The van der Waals surface area contributed by atoms with Crippen LogP contribution in [0.1, 0.15) is 31.7 Å². The van der Waals surface area contributed by atoms with E-state index in [1.165, 1.54) is 11.8 Å². The highest BCUT2D eigenvalue weighted by Crippen LogP contribution is 2.23. The first-order valence-electron chi connectivity index (χ1n) is 6.43. The van der Waals surface area contributed by atoms with Gasteiger partial charge in [-0.3, -0.25) is 4.79 Å². The van der Waals surface area contributed by atoms with E-state index >= 15 is 0 Å². The molecule has 0 aliphatic heterocycles. The van der Waals surface area contributed by atoms with Gasteiger partial charge in [-0.2, -0.15) is 5.10 Å². The van der Waals surface area contributed by atoms with Gasteiger partial charge in [0, 0.05) is 11.5 Å². The Labute approximate surface area is 112 Å². The van der Waals surface area contributed by atoms with Crippen LogP contribution in [0.15, 0.2) is 41.0 Å². The number of hydrogen-bond acceptors (Lipinski definition) is 3. The number of nitrogens with zero attached hydrogens (tertiary/aromatic N) is 1. The van der Waals surface area contributed by atoms with Crippen molar-refractivity contribution in [1.29, 1.82) is 0 Å². The predicted molar refractivity (Wildman–Crippen MR) is 74.9 cm³/mol. The lowest BCUT2D eigenvalue weighted by molar-refractivity contribution is -0.125. The first-order chi connectivity index (χ1) is 9.16. The highest BCUT2D eigenvalue weighted by molar-refractivity contribution is 5.85. The van der Waals surface area contributed by atoms with Crippen LogP contribution in [0.3, 0.4) is 0 Å². The number of nitrogens with one attached hydrogen (secondary N) is 1. The Kier molecular flexibility index (Phi) is 4.34. The van der Waals surface area contributed by atoms with Crippen molar-refractivity contribution in [2.24, 2.45) is 11.0 Å². The van der Waals surface area contributed by atoms with Crippen LogP contribution >= 0.6 is 0 Å². The molecular weight excluding hydrogens is 240 g/mol. The highest BCUT2D eigenvalue weighted by atomic mass is 16.3. The molecule has 2 N–H and O–H groups in total. The lowest BCUT2D eigenvalue weighted by Crippen LogP contribution is -2.27. The maximum absolute atomic E-state index is 11.9. The van der Waals surface area contributed by atoms with Crippen LogP contribution in [0.5, 0.6) is 5.75 Å². The first-order valence-corrected chi connectivity index (χ1v) is 6.43. The zero-order valence-electron chi connectivity index (χ0n) is 11.0. The molecule has 1 aliphatic carbocycles. The van der Waals surface area contributed by atoms with Gasteiger partial charge < -0.3 is 5.11 Å². The standard InChI is InChI=1S/C15H18N2O2/c1-11-6-8-12(9-7-11)15(19)17-16-10-13-4-2-3-5-14(13)18/h2-6,10,12,18H,7-9H2,1H3,(H,17,19)/b16-10-/t12-/m1/s1. The smallest absolute Gasteiger partial charge is 0.243 e. The van der Waals surface area contributed by atoms with Crippen molar-refractivity contribution in [3.05, 3.63) is 41.5 Å². The van der Waals surface area contributed by atoms with Crippen LogP contribution in [0.4, 0.5) is 0 Å². The number of carbonyl (C=O) groups excluding carboxylic acids is 1. The van der Waals surface area contributed by atoms with Gasteiger partial charge in [-0.1, -0.05) is 23.8 Å². The number of para-hydroxylation sites is 1. The van der Waals surface area contributed by atoms with E-state index in [4.69, 9.17) is 0 Å². The number of phenolic OH excluding ortho intramolecular Hbond substituents is 1. The molecule has 4 heteroatoms. The Balaban J connectivity index is 1.89. The number of hydrogen-bond donors (Lipinski definition) is 2. The molecule has 0 heterocycles. The summed E-state index contributed by atoms with van der Waals surface area (Å²) in [5.74, 6) is 0.0948. The third-order valence-corrected chi connectivity index (χ3v) is 3.32. The largest absolute Gasteiger partial charge is 0.507 e. The fourth-order valence-corrected chi connectivity index (χ4v) is 2.06. The Morgan fingerprint density at radius 3 is 2.95 bits per heavy atom. The van der Waals surface area contributed by atoms with Gasteiger partial charge in [0.05, 0.1) is 6.21 Å². The lowest BCUT2D eigenvalue weighted by Gasteiger charge is -2.18. The van der Waals surface area contributed by atoms with Gasteiger partial charge in [-0.05, 0) is 38.3 Å². The number of hydrazone groups is 1. The van der Waals surface area contributed by atoms with Gasteiger partial charge in [0.2, 0.25) is 5.91 Å². The zero-order valence-corrected chi connectivity index (χ0v) is 11.0. The van der Waals surface area contributed by atoms with Crippen molar-refractivity contribution < 1.29 is 9.90 Å². The van der Waals surface area contributed by atoms with E-state index in [2.05, 4.69) is 23.5 Å². The molecule has 1 aromatic rings. The second-order valence-electron chi connectivity index (χ2n) is 4.81. The molecule has 0 radical (unpaired) electrons. The molecule has 0 bridgehead atoms. The van der Waals surface area contributed by atoms with Crippen LogP contribution < -0.4 is 5.43 Å². The molecule has 100 valence electrons. The molecule has 1 atom stereocenters. The van der Waals surface area contributed by atoms with Crippen molar-refractivity contribution >= 4 is 12.1 Å². The number of carbonyl (C=O) groups is 1. The molecule has 0 saturated heterocycles. The van der Waals surface area contributed by atoms with Gasteiger partial charge in [-0.25, -0.2) is 5.43 Å². The average Bonchev–Trinajstić information content (AvgIpc) is 2.41. The molecule has 1 amide bonds. The van der Waals surface area contributed by atoms with Crippen molar-refractivity contribution in [1.82, 2.24) is 5.43 Å². The molecule has 0 unspecified atom stereocenters. The van der Waals surface area contributed by atoms with E-state index in [0.29, 0.717) is 5.56 Å². The van der Waals surface area contributed by atoms with Crippen molar-refractivity contribution in [3.63, 3.8) is 0 Å². The van der Waals surface area contributed by atoms with Gasteiger partial charge in [0.15, 0.2) is 0 Å². The summed E-state index contributed by atoms with van der Waals surface area (Å²) in [4.78, 5) is 11.9. The lowest BCUT2D eigenvalue weighted by atomic mass is 9.90. The number of benzene rings is 1. The van der Waals surface area contributed by atoms with E-state index < -0.39 is 0 Å². The maximum Gasteiger partial charge on any atom is 0.243 e. The summed E-state index contributed by atoms with van der Waals surface area (Å²) in [6.45, 7) is 2.09. The molecule has 4 nitrogen and oxygen atoms in total. The van der Waals surface area contributed by atoms with Gasteiger partial charge in [0.25, 0.3) is 0 Å². The minimum Gasteiger partial charge on any atom is -0.507 e. The number of aromatic hydroxyl groups is 1. The molecule has 1 aliphatic rings. The topological polar surface area (TPSA) is 61.7 Å². The van der Waals surface area contributed by atoms with Gasteiger partial charge in [0.1, 0.15) is 5.75 Å². The fourth-order valence-electron chi connectivity index (χ4n) is 2.06. The van der Waals surface area contributed by atoms with Crippen LogP contribution in [0.25, 0.3) is 0 Å². The Hall–Kier alpha value is -2.10. The van der Waals surface area contributed by atoms with Crippen LogP contribution in [0.2, 0.25) is 0 Å². The van der Waals surface area contributed by atoms with Crippen molar-refractivity contribution in [2.75, 3.05) is 0 Å². The fraction of sp³-hybridized carbons (Fsp3) is 0.333. The molecule has 0 spiro atoms. The number of phenols is 1. The zero-order chi connectivity index (χ0) is 13.7. The molecule has 2 rings (SSSR count). The summed E-state index contributed by atoms with van der Waals surface area (Å²) in [6.07, 6.45) is 6.20. The first kappa shape index (κ1) is 13.3. The Morgan fingerprint density at radius 2 is 2.26 bits per heavy atom. The Bertz CT molecular complexity index is 521. The summed E-state index contributed by atoms with van der Waals surface area (Å²) >= 11 is 0. The molecule has 0 aromatic heterocycles. The minimum atomic E-state index is -0.0598. The third-order valence-electron chi connectivity index (χ3n) is 3.32. The van der Waals surface area contributed by atoms with Crippen molar-refractivity contribution in [2.45, 2.75) is 26.2 Å². The summed E-state index contributed by atoms with van der Waals surface area (Å²) < 4.78 is 0.